The van der Waals surface area contributed by atoms with Crippen molar-refractivity contribution in [2.75, 3.05) is 0 Å². The molecule has 0 saturated heterocycles. The topological polar surface area (TPSA) is 65.2 Å². The van der Waals surface area contributed by atoms with E-state index in [2.05, 4.69) is 14.9 Å². The molecule has 0 spiro atoms. The van der Waals surface area contributed by atoms with E-state index in [-0.39, 0.29) is 17.5 Å². The van der Waals surface area contributed by atoms with Gasteiger partial charge in [0.1, 0.15) is 0 Å². The van der Waals surface area contributed by atoms with Crippen molar-refractivity contribution in [3.8, 4) is 5.88 Å². The molecule has 0 fully saturated rings. The molecule has 2 rings (SSSR count). The lowest BCUT2D eigenvalue weighted by Gasteiger charge is -1.93. The number of fused-ring (bicyclic) bond motifs is 1. The molecule has 0 aliphatic carbocycles. The third-order valence-electron chi connectivity index (χ3n) is 1.42. The van der Waals surface area contributed by atoms with Gasteiger partial charge in [0.2, 0.25) is 5.88 Å². The van der Waals surface area contributed by atoms with Gasteiger partial charge in [0, 0.05) is 6.07 Å². The lowest BCUT2D eigenvalue weighted by molar-refractivity contribution is -0.120. The first kappa shape index (κ1) is 8.00. The van der Waals surface area contributed by atoms with Crippen LogP contribution in [0.15, 0.2) is 16.7 Å². The number of hydrogen-bond acceptors (Lipinski definition) is 5. The molecule has 5 nitrogen and oxygen atoms in total. The minimum atomic E-state index is 0.145. The maximum absolute atomic E-state index is 10.00. The fourth-order valence-corrected chi connectivity index (χ4v) is 1.07. The van der Waals surface area contributed by atoms with E-state index in [1.807, 2.05) is 0 Å². The molecule has 0 unspecified atom stereocenters. The fourth-order valence-electron chi connectivity index (χ4n) is 0.897. The van der Waals surface area contributed by atoms with Crippen molar-refractivity contribution in [1.29, 1.82) is 0 Å². The van der Waals surface area contributed by atoms with Gasteiger partial charge in [-0.2, -0.15) is 0 Å². The van der Waals surface area contributed by atoms with Crippen LogP contribution in [0.1, 0.15) is 0 Å². The summed E-state index contributed by atoms with van der Waals surface area (Å²) in [6, 6.07) is 3.05. The molecule has 2 aromatic heterocycles. The second-order valence-corrected chi connectivity index (χ2v) is 2.54. The predicted molar refractivity (Wildman–Crippen MR) is 43.5 cm³/mol. The monoisotopic (exact) mass is 198 g/mol. The highest BCUT2D eigenvalue weighted by Crippen LogP contribution is 2.22. The van der Waals surface area contributed by atoms with Crippen LogP contribution in [0.4, 0.5) is 0 Å². The Morgan fingerprint density at radius 3 is 3.15 bits per heavy atom. The Labute approximate surface area is 77.2 Å². The molecule has 0 aliphatic rings. The number of carbonyl (C=O) groups excluding carboxylic acids is 1. The van der Waals surface area contributed by atoms with Crippen molar-refractivity contribution in [3.63, 3.8) is 0 Å². The van der Waals surface area contributed by atoms with Crippen molar-refractivity contribution < 1.29 is 14.1 Å². The second kappa shape index (κ2) is 3.02. The van der Waals surface area contributed by atoms with Crippen LogP contribution >= 0.6 is 11.6 Å². The van der Waals surface area contributed by atoms with Crippen LogP contribution in [-0.4, -0.2) is 16.6 Å². The van der Waals surface area contributed by atoms with Gasteiger partial charge >= 0.3 is 0 Å². The Bertz CT molecular complexity index is 454. The molecule has 6 heteroatoms. The summed E-state index contributed by atoms with van der Waals surface area (Å²) in [6.07, 6.45) is 0. The van der Waals surface area contributed by atoms with E-state index < -0.39 is 0 Å². The molecule has 0 atom stereocenters. The molecular weight excluding hydrogens is 196 g/mol. The van der Waals surface area contributed by atoms with Crippen LogP contribution in [0, 0.1) is 0 Å². The van der Waals surface area contributed by atoms with Gasteiger partial charge in [0.05, 0.1) is 0 Å². The number of hydrogen-bond donors (Lipinski definition) is 0. The highest BCUT2D eigenvalue weighted by molar-refractivity contribution is 6.33. The van der Waals surface area contributed by atoms with Crippen LogP contribution in [0.2, 0.25) is 5.15 Å². The van der Waals surface area contributed by atoms with Crippen LogP contribution in [0.5, 0.6) is 5.88 Å². The zero-order chi connectivity index (χ0) is 9.26. The highest BCUT2D eigenvalue weighted by Gasteiger charge is 2.08. The molecule has 0 amide bonds. The number of rotatable bonds is 2. The van der Waals surface area contributed by atoms with Gasteiger partial charge in [-0.05, 0) is 6.07 Å². The number of aromatic nitrogens is 2. The smallest absolute Gasteiger partial charge is 0.299 e. The third kappa shape index (κ3) is 1.33. The summed E-state index contributed by atoms with van der Waals surface area (Å²) in [5.41, 5.74) is 0.823. The first-order valence-electron chi connectivity index (χ1n) is 3.33. The van der Waals surface area contributed by atoms with Crippen LogP contribution in [0.3, 0.4) is 0 Å². The summed E-state index contributed by atoms with van der Waals surface area (Å²) in [4.78, 5) is 13.9. The van der Waals surface area contributed by atoms with E-state index in [1.165, 1.54) is 6.07 Å². The number of pyridine rings is 1. The average Bonchev–Trinajstić information content (AvgIpc) is 2.49. The predicted octanol–water partition coefficient (Wildman–Crippen LogP) is 1.41. The molecule has 0 bridgehead atoms. The van der Waals surface area contributed by atoms with Crippen LogP contribution in [-0.2, 0) is 4.79 Å². The van der Waals surface area contributed by atoms with Crippen LogP contribution < -0.4 is 4.74 Å². The molecule has 66 valence electrons. The molecule has 0 saturated carbocycles. The maximum atomic E-state index is 10.00. The van der Waals surface area contributed by atoms with Gasteiger partial charge in [-0.15, -0.1) is 0 Å². The third-order valence-corrected chi connectivity index (χ3v) is 1.67. The summed E-state index contributed by atoms with van der Waals surface area (Å²) in [5, 5.41) is 3.63. The van der Waals surface area contributed by atoms with E-state index >= 15 is 0 Å². The maximum Gasteiger partial charge on any atom is 0.299 e. The van der Waals surface area contributed by atoms with Gasteiger partial charge in [-0.25, -0.2) is 4.98 Å². The zero-order valence-corrected chi connectivity index (χ0v) is 6.99. The molecule has 0 radical (unpaired) electrons. The standard InChI is InChI=1S/C7H3ClN2O3/c8-7-6-4(13-10-7)1-2-5(9-6)12-3-11/h1-3H. The fraction of sp³-hybridized carbons (Fsp3) is 0. The minimum absolute atomic E-state index is 0.145. The second-order valence-electron chi connectivity index (χ2n) is 2.18. The Balaban J connectivity index is 2.58. The molecular formula is C7H3ClN2O3. The minimum Gasteiger partial charge on any atom is -0.410 e. The Morgan fingerprint density at radius 2 is 2.38 bits per heavy atom. The van der Waals surface area contributed by atoms with E-state index in [9.17, 15) is 4.79 Å². The zero-order valence-electron chi connectivity index (χ0n) is 6.23. The number of halogens is 1. The van der Waals surface area contributed by atoms with Gasteiger partial charge in [0.25, 0.3) is 6.47 Å². The van der Waals surface area contributed by atoms with Crippen molar-refractivity contribution in [3.05, 3.63) is 17.3 Å². The SMILES string of the molecule is O=COc1ccc2onc(Cl)c2n1. The lowest BCUT2D eigenvalue weighted by atomic mass is 10.4. The van der Waals surface area contributed by atoms with Gasteiger partial charge in [-0.3, -0.25) is 4.79 Å². The summed E-state index contributed by atoms with van der Waals surface area (Å²) in [5.74, 6) is 0.160. The first-order valence-corrected chi connectivity index (χ1v) is 3.71. The summed E-state index contributed by atoms with van der Waals surface area (Å²) in [6.45, 7) is 0.287. The molecule has 0 aliphatic heterocycles. The van der Waals surface area contributed by atoms with Gasteiger partial charge < -0.3 is 9.26 Å². The van der Waals surface area contributed by atoms with Crippen molar-refractivity contribution >= 4 is 29.2 Å². The number of ether oxygens (including phenoxy) is 1. The normalized spacial score (nSPS) is 10.2. The summed E-state index contributed by atoms with van der Waals surface area (Å²) >= 11 is 5.63. The lowest BCUT2D eigenvalue weighted by Crippen LogP contribution is -1.90. The van der Waals surface area contributed by atoms with E-state index in [1.54, 1.807) is 6.07 Å². The number of carbonyl (C=O) groups is 1. The van der Waals surface area contributed by atoms with E-state index in [0.29, 0.717) is 11.1 Å². The van der Waals surface area contributed by atoms with Gasteiger partial charge in [-0.1, -0.05) is 16.8 Å². The Hall–Kier alpha value is -1.62. The average molecular weight is 199 g/mol. The molecule has 2 aromatic rings. The van der Waals surface area contributed by atoms with Crippen LogP contribution in [0.25, 0.3) is 11.1 Å². The molecule has 0 aromatic carbocycles. The molecule has 0 N–H and O–H groups in total. The van der Waals surface area contributed by atoms with Gasteiger partial charge in [0.15, 0.2) is 16.3 Å². The quantitative estimate of drug-likeness (QED) is 0.683. The summed E-state index contributed by atoms with van der Waals surface area (Å²) in [7, 11) is 0. The van der Waals surface area contributed by atoms with E-state index in [4.69, 9.17) is 16.1 Å². The van der Waals surface area contributed by atoms with Crippen molar-refractivity contribution in [2.24, 2.45) is 0 Å². The largest absolute Gasteiger partial charge is 0.410 e. The Kier molecular flexibility index (Phi) is 1.86. The summed E-state index contributed by atoms with van der Waals surface area (Å²) < 4.78 is 9.31. The van der Waals surface area contributed by atoms with E-state index in [0.717, 1.165) is 0 Å². The molecule has 2 heterocycles. The number of nitrogens with zero attached hydrogens (tertiary/aromatic N) is 2. The first-order chi connectivity index (χ1) is 6.31. The molecule has 13 heavy (non-hydrogen) atoms. The Morgan fingerprint density at radius 1 is 1.54 bits per heavy atom. The van der Waals surface area contributed by atoms with Crippen molar-refractivity contribution in [1.82, 2.24) is 10.1 Å². The van der Waals surface area contributed by atoms with Crippen molar-refractivity contribution in [2.45, 2.75) is 0 Å². The highest BCUT2D eigenvalue weighted by atomic mass is 35.5.